The van der Waals surface area contributed by atoms with Crippen LogP contribution in [0.5, 0.6) is 0 Å². The van der Waals surface area contributed by atoms with Crippen LogP contribution in [0.1, 0.15) is 20.3 Å². The number of thioether (sulfide) groups is 1. The molecule has 72 valence electrons. The van der Waals surface area contributed by atoms with E-state index in [1.807, 2.05) is 30.0 Å². The lowest BCUT2D eigenvalue weighted by atomic mass is 10.1. The summed E-state index contributed by atoms with van der Waals surface area (Å²) in [5, 5.41) is 8.87. The fourth-order valence-electron chi connectivity index (χ4n) is 1.13. The molecule has 0 saturated heterocycles. The summed E-state index contributed by atoms with van der Waals surface area (Å²) in [5.74, 6) is 0. The lowest BCUT2D eigenvalue weighted by Gasteiger charge is -2.22. The molecule has 0 aromatic heterocycles. The highest BCUT2D eigenvalue weighted by Gasteiger charge is 2.18. The summed E-state index contributed by atoms with van der Waals surface area (Å²) in [6.45, 7) is 4.56. The molecule has 0 saturated carbocycles. The molecule has 0 unspecified atom stereocenters. The van der Waals surface area contributed by atoms with Gasteiger partial charge in [-0.25, -0.2) is 0 Å². The van der Waals surface area contributed by atoms with Gasteiger partial charge in [-0.05, 0) is 18.6 Å². The SMILES string of the molecule is CC(C)(CCO)Sc1ccccc1. The fourth-order valence-corrected chi connectivity index (χ4v) is 2.25. The largest absolute Gasteiger partial charge is 0.396 e. The Bertz CT molecular complexity index is 244. The van der Waals surface area contributed by atoms with Gasteiger partial charge < -0.3 is 5.11 Å². The van der Waals surface area contributed by atoms with E-state index in [4.69, 9.17) is 5.11 Å². The average molecular weight is 196 g/mol. The molecule has 0 aliphatic heterocycles. The van der Waals surface area contributed by atoms with E-state index in [9.17, 15) is 0 Å². The summed E-state index contributed by atoms with van der Waals surface area (Å²) in [4.78, 5) is 1.26. The van der Waals surface area contributed by atoms with Crippen LogP contribution in [0.25, 0.3) is 0 Å². The Morgan fingerprint density at radius 2 is 1.85 bits per heavy atom. The first-order valence-electron chi connectivity index (χ1n) is 4.49. The zero-order valence-electron chi connectivity index (χ0n) is 8.16. The van der Waals surface area contributed by atoms with Gasteiger partial charge in [0.25, 0.3) is 0 Å². The molecule has 13 heavy (non-hydrogen) atoms. The highest BCUT2D eigenvalue weighted by atomic mass is 32.2. The molecule has 0 spiro atoms. The highest BCUT2D eigenvalue weighted by Crippen LogP contribution is 2.34. The molecule has 1 aromatic rings. The number of aliphatic hydroxyl groups excluding tert-OH is 1. The summed E-state index contributed by atoms with van der Waals surface area (Å²) >= 11 is 1.81. The predicted molar refractivity (Wildman–Crippen MR) is 58.1 cm³/mol. The zero-order valence-corrected chi connectivity index (χ0v) is 8.97. The number of benzene rings is 1. The Kier molecular flexibility index (Phi) is 3.82. The second-order valence-corrected chi connectivity index (χ2v) is 5.43. The van der Waals surface area contributed by atoms with Crippen molar-refractivity contribution in [3.8, 4) is 0 Å². The Morgan fingerprint density at radius 3 is 2.38 bits per heavy atom. The van der Waals surface area contributed by atoms with Gasteiger partial charge in [-0.2, -0.15) is 0 Å². The van der Waals surface area contributed by atoms with Gasteiger partial charge >= 0.3 is 0 Å². The van der Waals surface area contributed by atoms with Gasteiger partial charge in [-0.3, -0.25) is 0 Å². The highest BCUT2D eigenvalue weighted by molar-refractivity contribution is 8.00. The fraction of sp³-hybridized carbons (Fsp3) is 0.455. The van der Waals surface area contributed by atoms with Crippen LogP contribution in [0.4, 0.5) is 0 Å². The molecule has 0 atom stereocenters. The van der Waals surface area contributed by atoms with Crippen LogP contribution in [-0.4, -0.2) is 16.5 Å². The average Bonchev–Trinajstić information content (AvgIpc) is 2.04. The lowest BCUT2D eigenvalue weighted by Crippen LogP contribution is -2.15. The normalized spacial score (nSPS) is 11.6. The van der Waals surface area contributed by atoms with Crippen LogP contribution in [0, 0.1) is 0 Å². The van der Waals surface area contributed by atoms with Crippen molar-refractivity contribution in [2.45, 2.75) is 29.9 Å². The Hall–Kier alpha value is -0.470. The third-order valence-corrected chi connectivity index (χ3v) is 3.12. The maximum atomic E-state index is 8.87. The summed E-state index contributed by atoms with van der Waals surface area (Å²) < 4.78 is 0.121. The van der Waals surface area contributed by atoms with Crippen molar-refractivity contribution in [2.24, 2.45) is 0 Å². The Labute approximate surface area is 84.2 Å². The molecule has 2 heteroatoms. The molecule has 0 radical (unpaired) electrons. The first-order chi connectivity index (χ1) is 6.14. The van der Waals surface area contributed by atoms with Crippen LogP contribution in [0.15, 0.2) is 35.2 Å². The third-order valence-electron chi connectivity index (χ3n) is 1.85. The van der Waals surface area contributed by atoms with Crippen LogP contribution in [0.3, 0.4) is 0 Å². The minimum atomic E-state index is 0.121. The van der Waals surface area contributed by atoms with Gasteiger partial charge in [-0.15, -0.1) is 11.8 Å². The van der Waals surface area contributed by atoms with Crippen LogP contribution < -0.4 is 0 Å². The second kappa shape index (κ2) is 4.68. The van der Waals surface area contributed by atoms with Crippen LogP contribution in [-0.2, 0) is 0 Å². The van der Waals surface area contributed by atoms with E-state index in [0.717, 1.165) is 6.42 Å². The van der Waals surface area contributed by atoms with Gasteiger partial charge in [0, 0.05) is 16.2 Å². The van der Waals surface area contributed by atoms with Gasteiger partial charge in [0.1, 0.15) is 0 Å². The Balaban J connectivity index is 2.58. The molecule has 1 N–H and O–H groups in total. The molecule has 0 fully saturated rings. The van der Waals surface area contributed by atoms with E-state index in [0.29, 0.717) is 0 Å². The maximum Gasteiger partial charge on any atom is 0.0444 e. The van der Waals surface area contributed by atoms with Gasteiger partial charge in [0.05, 0.1) is 0 Å². The third kappa shape index (κ3) is 3.83. The quantitative estimate of drug-likeness (QED) is 0.747. The molecule has 1 rings (SSSR count). The molecule has 0 amide bonds. The molecule has 0 aliphatic carbocycles. The monoisotopic (exact) mass is 196 g/mol. The Morgan fingerprint density at radius 1 is 1.23 bits per heavy atom. The lowest BCUT2D eigenvalue weighted by molar-refractivity contribution is 0.275. The van der Waals surface area contributed by atoms with E-state index in [2.05, 4.69) is 26.0 Å². The first kappa shape index (κ1) is 10.6. The molecular weight excluding hydrogens is 180 g/mol. The van der Waals surface area contributed by atoms with E-state index in [1.54, 1.807) is 0 Å². The number of aliphatic hydroxyl groups is 1. The van der Waals surface area contributed by atoms with Crippen molar-refractivity contribution in [3.05, 3.63) is 30.3 Å². The number of hydrogen-bond donors (Lipinski definition) is 1. The zero-order chi connectivity index (χ0) is 9.73. The number of hydrogen-bond acceptors (Lipinski definition) is 2. The van der Waals surface area contributed by atoms with Gasteiger partial charge in [0.2, 0.25) is 0 Å². The van der Waals surface area contributed by atoms with E-state index in [1.165, 1.54) is 4.90 Å². The van der Waals surface area contributed by atoms with Gasteiger partial charge in [-0.1, -0.05) is 32.0 Å². The van der Waals surface area contributed by atoms with Crippen molar-refractivity contribution < 1.29 is 5.11 Å². The molecule has 1 aromatic carbocycles. The molecule has 0 aliphatic rings. The summed E-state index contributed by atoms with van der Waals surface area (Å²) in [7, 11) is 0. The second-order valence-electron chi connectivity index (χ2n) is 3.65. The van der Waals surface area contributed by atoms with Crippen molar-refractivity contribution >= 4 is 11.8 Å². The topological polar surface area (TPSA) is 20.2 Å². The smallest absolute Gasteiger partial charge is 0.0444 e. The van der Waals surface area contributed by atoms with E-state index in [-0.39, 0.29) is 11.4 Å². The first-order valence-corrected chi connectivity index (χ1v) is 5.31. The van der Waals surface area contributed by atoms with Gasteiger partial charge in [0.15, 0.2) is 0 Å². The summed E-state index contributed by atoms with van der Waals surface area (Å²) in [6, 6.07) is 10.3. The summed E-state index contributed by atoms with van der Waals surface area (Å²) in [5.41, 5.74) is 0. The standard InChI is InChI=1S/C11H16OS/c1-11(2,8-9-12)13-10-6-4-3-5-7-10/h3-7,12H,8-9H2,1-2H3. The van der Waals surface area contributed by atoms with Crippen LogP contribution in [0.2, 0.25) is 0 Å². The predicted octanol–water partition coefficient (Wildman–Crippen LogP) is 2.94. The summed E-state index contributed by atoms with van der Waals surface area (Å²) in [6.07, 6.45) is 0.826. The van der Waals surface area contributed by atoms with Crippen molar-refractivity contribution in [3.63, 3.8) is 0 Å². The number of rotatable bonds is 4. The van der Waals surface area contributed by atoms with Crippen molar-refractivity contribution in [2.75, 3.05) is 6.61 Å². The van der Waals surface area contributed by atoms with Crippen LogP contribution >= 0.6 is 11.8 Å². The van der Waals surface area contributed by atoms with Crippen molar-refractivity contribution in [1.29, 1.82) is 0 Å². The maximum absolute atomic E-state index is 8.87. The minimum absolute atomic E-state index is 0.121. The van der Waals surface area contributed by atoms with E-state index < -0.39 is 0 Å². The molecule has 0 bridgehead atoms. The van der Waals surface area contributed by atoms with Crippen molar-refractivity contribution in [1.82, 2.24) is 0 Å². The van der Waals surface area contributed by atoms with E-state index >= 15 is 0 Å². The minimum Gasteiger partial charge on any atom is -0.396 e. The molecular formula is C11H16OS. The molecule has 1 nitrogen and oxygen atoms in total. The molecule has 0 heterocycles.